The van der Waals surface area contributed by atoms with Crippen molar-refractivity contribution in [3.05, 3.63) is 11.1 Å². The summed E-state index contributed by atoms with van der Waals surface area (Å²) in [6, 6.07) is 0. The van der Waals surface area contributed by atoms with Crippen LogP contribution in [0.2, 0.25) is 0 Å². The molecule has 7 heteroatoms. The van der Waals surface area contributed by atoms with Crippen molar-refractivity contribution in [3.8, 4) is 0 Å². The van der Waals surface area contributed by atoms with Crippen LogP contribution in [0.25, 0.3) is 0 Å². The fourth-order valence-corrected chi connectivity index (χ4v) is 2.80. The highest BCUT2D eigenvalue weighted by Crippen LogP contribution is 2.21. The number of hydrogen-bond acceptors (Lipinski definition) is 5. The summed E-state index contributed by atoms with van der Waals surface area (Å²) in [4.78, 5) is 30.4. The van der Waals surface area contributed by atoms with E-state index < -0.39 is 5.41 Å². The van der Waals surface area contributed by atoms with Gasteiger partial charge in [0.15, 0.2) is 5.13 Å². The molecule has 0 atom stereocenters. The van der Waals surface area contributed by atoms with Gasteiger partial charge in [0.05, 0.1) is 12.1 Å². The molecule has 22 heavy (non-hydrogen) atoms. The largest absolute Gasteiger partial charge is 0.341 e. The third-order valence-electron chi connectivity index (χ3n) is 3.48. The molecule has 0 saturated carbocycles. The molecule has 0 aliphatic carbocycles. The standard InChI is InChI=1S/C15H24N4O2S/c1-15(2,3)13(21)18-14-17-11(10-22-14)9-12(20)19-7-4-5-16-6-8-19/h10,16H,4-9H2,1-3H3,(H,17,18,21). The van der Waals surface area contributed by atoms with E-state index in [9.17, 15) is 9.59 Å². The summed E-state index contributed by atoms with van der Waals surface area (Å²) in [6.07, 6.45) is 1.28. The SMILES string of the molecule is CC(C)(C)C(=O)Nc1nc(CC(=O)N2CCCNCC2)cs1. The maximum Gasteiger partial charge on any atom is 0.231 e. The van der Waals surface area contributed by atoms with E-state index in [0.717, 1.165) is 38.3 Å². The number of nitrogens with one attached hydrogen (secondary N) is 2. The number of nitrogens with zero attached hydrogens (tertiary/aromatic N) is 2. The quantitative estimate of drug-likeness (QED) is 0.883. The molecule has 2 amide bonds. The first-order chi connectivity index (χ1) is 10.4. The zero-order valence-corrected chi connectivity index (χ0v) is 14.3. The van der Waals surface area contributed by atoms with E-state index in [-0.39, 0.29) is 11.8 Å². The van der Waals surface area contributed by atoms with Crippen molar-refractivity contribution in [2.45, 2.75) is 33.6 Å². The molecular formula is C15H24N4O2S. The lowest BCUT2D eigenvalue weighted by molar-refractivity contribution is -0.130. The lowest BCUT2D eigenvalue weighted by atomic mass is 9.96. The Balaban J connectivity index is 1.91. The molecule has 1 fully saturated rings. The lowest BCUT2D eigenvalue weighted by Gasteiger charge is -2.19. The van der Waals surface area contributed by atoms with Crippen molar-refractivity contribution in [1.82, 2.24) is 15.2 Å². The summed E-state index contributed by atoms with van der Waals surface area (Å²) in [5.74, 6) is 0.0287. The van der Waals surface area contributed by atoms with Gasteiger partial charge in [0.1, 0.15) is 0 Å². The predicted molar refractivity (Wildman–Crippen MR) is 88.0 cm³/mol. The van der Waals surface area contributed by atoms with Crippen LogP contribution in [0.1, 0.15) is 32.9 Å². The third kappa shape index (κ3) is 4.78. The van der Waals surface area contributed by atoms with Gasteiger partial charge < -0.3 is 15.5 Å². The van der Waals surface area contributed by atoms with Crippen molar-refractivity contribution in [3.63, 3.8) is 0 Å². The predicted octanol–water partition coefficient (Wildman–Crippen LogP) is 1.49. The van der Waals surface area contributed by atoms with Gasteiger partial charge in [-0.05, 0) is 13.0 Å². The van der Waals surface area contributed by atoms with Crippen LogP contribution in [0.15, 0.2) is 5.38 Å². The van der Waals surface area contributed by atoms with E-state index in [1.807, 2.05) is 31.1 Å². The van der Waals surface area contributed by atoms with Crippen LogP contribution in [0.3, 0.4) is 0 Å². The normalized spacial score (nSPS) is 16.2. The summed E-state index contributed by atoms with van der Waals surface area (Å²) >= 11 is 1.36. The van der Waals surface area contributed by atoms with Crippen LogP contribution in [0.4, 0.5) is 5.13 Å². The number of carbonyl (C=O) groups is 2. The summed E-state index contributed by atoms with van der Waals surface area (Å²) in [5, 5.41) is 8.47. The molecule has 1 aliphatic rings. The fraction of sp³-hybridized carbons (Fsp3) is 0.667. The van der Waals surface area contributed by atoms with Crippen LogP contribution >= 0.6 is 11.3 Å². The second-order valence-corrected chi connectivity index (χ2v) is 7.37. The lowest BCUT2D eigenvalue weighted by Crippen LogP contribution is -2.35. The second-order valence-electron chi connectivity index (χ2n) is 6.51. The average molecular weight is 324 g/mol. The highest BCUT2D eigenvalue weighted by Gasteiger charge is 2.22. The smallest absolute Gasteiger partial charge is 0.231 e. The van der Waals surface area contributed by atoms with E-state index in [1.165, 1.54) is 11.3 Å². The van der Waals surface area contributed by atoms with Gasteiger partial charge >= 0.3 is 0 Å². The van der Waals surface area contributed by atoms with E-state index in [0.29, 0.717) is 11.6 Å². The topological polar surface area (TPSA) is 74.3 Å². The van der Waals surface area contributed by atoms with Crippen LogP contribution in [-0.4, -0.2) is 47.9 Å². The van der Waals surface area contributed by atoms with E-state index in [1.54, 1.807) is 0 Å². The summed E-state index contributed by atoms with van der Waals surface area (Å²) in [7, 11) is 0. The molecule has 122 valence electrons. The zero-order valence-electron chi connectivity index (χ0n) is 13.4. The molecule has 0 radical (unpaired) electrons. The Hall–Kier alpha value is -1.47. The fourth-order valence-electron chi connectivity index (χ4n) is 2.09. The third-order valence-corrected chi connectivity index (χ3v) is 4.29. The van der Waals surface area contributed by atoms with Crippen molar-refractivity contribution < 1.29 is 9.59 Å². The van der Waals surface area contributed by atoms with Gasteiger partial charge in [-0.25, -0.2) is 4.98 Å². The Morgan fingerprint density at radius 3 is 2.86 bits per heavy atom. The van der Waals surface area contributed by atoms with Crippen LogP contribution in [-0.2, 0) is 16.0 Å². The zero-order chi connectivity index (χ0) is 16.2. The molecule has 6 nitrogen and oxygen atoms in total. The molecule has 0 aromatic carbocycles. The monoisotopic (exact) mass is 324 g/mol. The molecule has 1 aromatic heterocycles. The highest BCUT2D eigenvalue weighted by molar-refractivity contribution is 7.13. The first kappa shape index (κ1) is 16.9. The Morgan fingerprint density at radius 2 is 2.14 bits per heavy atom. The second kappa shape index (κ2) is 7.19. The molecule has 0 unspecified atom stereocenters. The van der Waals surface area contributed by atoms with Crippen molar-refractivity contribution in [2.75, 3.05) is 31.5 Å². The molecule has 2 N–H and O–H groups in total. The van der Waals surface area contributed by atoms with Crippen LogP contribution in [0.5, 0.6) is 0 Å². The van der Waals surface area contributed by atoms with Gasteiger partial charge in [0, 0.05) is 30.4 Å². The molecule has 1 aromatic rings. The van der Waals surface area contributed by atoms with Gasteiger partial charge in [-0.3, -0.25) is 9.59 Å². The number of hydrogen-bond donors (Lipinski definition) is 2. The Morgan fingerprint density at radius 1 is 1.36 bits per heavy atom. The van der Waals surface area contributed by atoms with Gasteiger partial charge in [0.2, 0.25) is 11.8 Å². The van der Waals surface area contributed by atoms with Crippen LogP contribution in [0, 0.1) is 5.41 Å². The van der Waals surface area contributed by atoms with Crippen LogP contribution < -0.4 is 10.6 Å². The maximum atomic E-state index is 12.3. The van der Waals surface area contributed by atoms with Gasteiger partial charge in [-0.2, -0.15) is 0 Å². The highest BCUT2D eigenvalue weighted by atomic mass is 32.1. The molecule has 1 aliphatic heterocycles. The summed E-state index contributed by atoms with van der Waals surface area (Å²) < 4.78 is 0. The van der Waals surface area contributed by atoms with Gasteiger partial charge in [0.25, 0.3) is 0 Å². The Labute approximate surface area is 135 Å². The number of amides is 2. The average Bonchev–Trinajstić information content (AvgIpc) is 2.71. The molecule has 2 rings (SSSR count). The van der Waals surface area contributed by atoms with Crippen molar-refractivity contribution in [1.29, 1.82) is 0 Å². The van der Waals surface area contributed by atoms with E-state index in [4.69, 9.17) is 0 Å². The number of rotatable bonds is 3. The molecule has 1 saturated heterocycles. The number of thiazole rings is 1. The van der Waals surface area contributed by atoms with E-state index >= 15 is 0 Å². The number of anilines is 1. The molecule has 0 bridgehead atoms. The minimum atomic E-state index is -0.458. The summed E-state index contributed by atoms with van der Waals surface area (Å²) in [5.41, 5.74) is 0.261. The van der Waals surface area contributed by atoms with Gasteiger partial charge in [-0.1, -0.05) is 20.8 Å². The van der Waals surface area contributed by atoms with E-state index in [2.05, 4.69) is 15.6 Å². The Bertz CT molecular complexity index is 528. The maximum absolute atomic E-state index is 12.3. The van der Waals surface area contributed by atoms with Crippen molar-refractivity contribution in [2.24, 2.45) is 5.41 Å². The summed E-state index contributed by atoms with van der Waals surface area (Å²) in [6.45, 7) is 8.91. The molecule has 0 spiro atoms. The minimum absolute atomic E-state index is 0.0710. The minimum Gasteiger partial charge on any atom is -0.341 e. The number of aromatic nitrogens is 1. The number of carbonyl (C=O) groups excluding carboxylic acids is 2. The van der Waals surface area contributed by atoms with Crippen molar-refractivity contribution >= 4 is 28.3 Å². The molecular weight excluding hydrogens is 300 g/mol. The first-order valence-corrected chi connectivity index (χ1v) is 8.48. The first-order valence-electron chi connectivity index (χ1n) is 7.60. The Kier molecular flexibility index (Phi) is 5.52. The molecule has 2 heterocycles. The van der Waals surface area contributed by atoms with Gasteiger partial charge in [-0.15, -0.1) is 11.3 Å².